The summed E-state index contributed by atoms with van der Waals surface area (Å²) in [5.74, 6) is 0.937. The highest BCUT2D eigenvalue weighted by Gasteiger charge is 2.20. The lowest BCUT2D eigenvalue weighted by Crippen LogP contribution is -2.21. The molecular formula is C11H16N2O. The predicted octanol–water partition coefficient (Wildman–Crippen LogP) is 1.62. The Morgan fingerprint density at radius 1 is 1.50 bits per heavy atom. The van der Waals surface area contributed by atoms with Crippen LogP contribution in [0.15, 0.2) is 23.1 Å². The van der Waals surface area contributed by atoms with Crippen LogP contribution < -0.4 is 11.3 Å². The van der Waals surface area contributed by atoms with Crippen LogP contribution in [0.5, 0.6) is 0 Å². The molecule has 1 fully saturated rings. The fraction of sp³-hybridized carbons (Fsp3) is 0.545. The van der Waals surface area contributed by atoms with Gasteiger partial charge in [-0.05, 0) is 30.9 Å². The number of pyridine rings is 1. The van der Waals surface area contributed by atoms with Gasteiger partial charge < -0.3 is 10.3 Å². The summed E-state index contributed by atoms with van der Waals surface area (Å²) in [7, 11) is 0. The third-order valence-electron chi connectivity index (χ3n) is 2.76. The average molecular weight is 192 g/mol. The first-order chi connectivity index (χ1) is 6.77. The zero-order valence-corrected chi connectivity index (χ0v) is 8.28. The highest BCUT2D eigenvalue weighted by molar-refractivity contribution is 5.33. The molecule has 0 saturated heterocycles. The van der Waals surface area contributed by atoms with Gasteiger partial charge in [0.05, 0.1) is 5.69 Å². The van der Waals surface area contributed by atoms with Gasteiger partial charge in [0, 0.05) is 12.7 Å². The summed E-state index contributed by atoms with van der Waals surface area (Å²) in [5, 5.41) is 0. The second-order valence-electron chi connectivity index (χ2n) is 4.05. The van der Waals surface area contributed by atoms with Crippen molar-refractivity contribution < 1.29 is 0 Å². The van der Waals surface area contributed by atoms with Crippen molar-refractivity contribution in [3.8, 4) is 0 Å². The molecule has 0 bridgehead atoms. The summed E-state index contributed by atoms with van der Waals surface area (Å²) in [6.45, 7) is 0.806. The molecule has 0 unspecified atom stereocenters. The fourth-order valence-electron chi connectivity index (χ4n) is 1.69. The van der Waals surface area contributed by atoms with Crippen molar-refractivity contribution in [2.45, 2.75) is 32.2 Å². The van der Waals surface area contributed by atoms with Crippen LogP contribution in [0.2, 0.25) is 0 Å². The van der Waals surface area contributed by atoms with Gasteiger partial charge in [-0.15, -0.1) is 0 Å². The third-order valence-corrected chi connectivity index (χ3v) is 2.76. The maximum Gasteiger partial charge on any atom is 0.273 e. The van der Waals surface area contributed by atoms with E-state index < -0.39 is 0 Å². The lowest BCUT2D eigenvalue weighted by atomic mass is 10.2. The number of nitrogens with two attached hydrogens (primary N) is 1. The van der Waals surface area contributed by atoms with Crippen LogP contribution in [-0.2, 0) is 6.54 Å². The monoisotopic (exact) mass is 192 g/mol. The van der Waals surface area contributed by atoms with Crippen molar-refractivity contribution in [3.05, 3.63) is 28.7 Å². The molecule has 76 valence electrons. The van der Waals surface area contributed by atoms with Crippen molar-refractivity contribution in [2.75, 3.05) is 5.73 Å². The van der Waals surface area contributed by atoms with E-state index >= 15 is 0 Å². The number of rotatable bonds is 4. The SMILES string of the molecule is Nc1cccn(CCCC2CC2)c1=O. The van der Waals surface area contributed by atoms with Crippen LogP contribution in [0.3, 0.4) is 0 Å². The molecule has 3 nitrogen and oxygen atoms in total. The summed E-state index contributed by atoms with van der Waals surface area (Å²) in [4.78, 5) is 11.5. The smallest absolute Gasteiger partial charge is 0.273 e. The number of aryl methyl sites for hydroxylation is 1. The Bertz CT molecular complexity index is 366. The van der Waals surface area contributed by atoms with Crippen LogP contribution in [0.1, 0.15) is 25.7 Å². The minimum atomic E-state index is -0.0525. The number of hydrogen-bond acceptors (Lipinski definition) is 2. The van der Waals surface area contributed by atoms with Crippen molar-refractivity contribution >= 4 is 5.69 Å². The molecule has 1 heterocycles. The second-order valence-corrected chi connectivity index (χ2v) is 4.05. The zero-order chi connectivity index (χ0) is 9.97. The molecule has 0 spiro atoms. The topological polar surface area (TPSA) is 48.0 Å². The first kappa shape index (κ1) is 9.31. The van der Waals surface area contributed by atoms with E-state index in [1.807, 2.05) is 12.3 Å². The van der Waals surface area contributed by atoms with E-state index in [0.29, 0.717) is 5.69 Å². The Kier molecular flexibility index (Phi) is 2.57. The highest BCUT2D eigenvalue weighted by atomic mass is 16.1. The van der Waals surface area contributed by atoms with E-state index in [9.17, 15) is 4.79 Å². The van der Waals surface area contributed by atoms with E-state index in [1.54, 1.807) is 10.6 Å². The summed E-state index contributed by atoms with van der Waals surface area (Å²) in [6, 6.07) is 3.48. The quantitative estimate of drug-likeness (QED) is 0.788. The normalized spacial score (nSPS) is 15.7. The zero-order valence-electron chi connectivity index (χ0n) is 8.28. The van der Waals surface area contributed by atoms with Gasteiger partial charge in [0.1, 0.15) is 0 Å². The molecule has 0 aliphatic heterocycles. The molecule has 0 amide bonds. The molecule has 2 rings (SSSR count). The number of aromatic nitrogens is 1. The molecule has 1 aliphatic carbocycles. The summed E-state index contributed by atoms with van der Waals surface area (Å²) in [5.41, 5.74) is 5.82. The van der Waals surface area contributed by atoms with Crippen LogP contribution >= 0.6 is 0 Å². The molecule has 0 atom stereocenters. The molecule has 3 heteroatoms. The number of anilines is 1. The largest absolute Gasteiger partial charge is 0.394 e. The molecule has 1 saturated carbocycles. The van der Waals surface area contributed by atoms with Crippen LogP contribution in [0.25, 0.3) is 0 Å². The molecule has 2 N–H and O–H groups in total. The van der Waals surface area contributed by atoms with Crippen molar-refractivity contribution in [1.29, 1.82) is 0 Å². The van der Waals surface area contributed by atoms with Gasteiger partial charge in [-0.3, -0.25) is 4.79 Å². The van der Waals surface area contributed by atoms with Crippen LogP contribution in [0.4, 0.5) is 5.69 Å². The predicted molar refractivity (Wildman–Crippen MR) is 57.1 cm³/mol. The standard InChI is InChI=1S/C11H16N2O/c12-10-4-2-8-13(11(10)14)7-1-3-9-5-6-9/h2,4,8-9H,1,3,5-7,12H2. The van der Waals surface area contributed by atoms with Crippen LogP contribution in [0, 0.1) is 5.92 Å². The van der Waals surface area contributed by atoms with Crippen molar-refractivity contribution in [3.63, 3.8) is 0 Å². The minimum absolute atomic E-state index is 0.0525. The van der Waals surface area contributed by atoms with Gasteiger partial charge in [-0.1, -0.05) is 12.8 Å². The van der Waals surface area contributed by atoms with Gasteiger partial charge >= 0.3 is 0 Å². The van der Waals surface area contributed by atoms with Crippen molar-refractivity contribution in [2.24, 2.45) is 5.92 Å². The summed E-state index contributed by atoms with van der Waals surface area (Å²) < 4.78 is 1.71. The highest BCUT2D eigenvalue weighted by Crippen LogP contribution is 2.33. The van der Waals surface area contributed by atoms with Gasteiger partial charge in [0.2, 0.25) is 0 Å². The van der Waals surface area contributed by atoms with Crippen molar-refractivity contribution in [1.82, 2.24) is 4.57 Å². The van der Waals surface area contributed by atoms with E-state index in [2.05, 4.69) is 0 Å². The lowest BCUT2D eigenvalue weighted by Gasteiger charge is -2.05. The second kappa shape index (κ2) is 3.86. The van der Waals surface area contributed by atoms with Gasteiger partial charge in [-0.25, -0.2) is 0 Å². The first-order valence-corrected chi connectivity index (χ1v) is 5.22. The number of nitrogens with zero attached hydrogens (tertiary/aromatic N) is 1. The van der Waals surface area contributed by atoms with Gasteiger partial charge in [0.25, 0.3) is 5.56 Å². The molecule has 1 aromatic heterocycles. The Balaban J connectivity index is 1.94. The fourth-order valence-corrected chi connectivity index (χ4v) is 1.69. The number of hydrogen-bond donors (Lipinski definition) is 1. The van der Waals surface area contributed by atoms with E-state index in [0.717, 1.165) is 18.9 Å². The van der Waals surface area contributed by atoms with E-state index in [4.69, 9.17) is 5.73 Å². The Morgan fingerprint density at radius 2 is 2.29 bits per heavy atom. The molecule has 14 heavy (non-hydrogen) atoms. The van der Waals surface area contributed by atoms with Gasteiger partial charge in [0.15, 0.2) is 0 Å². The Labute approximate surface area is 83.5 Å². The average Bonchev–Trinajstić information content (AvgIpc) is 2.96. The maximum absolute atomic E-state index is 11.5. The summed E-state index contributed by atoms with van der Waals surface area (Å²) >= 11 is 0. The number of nitrogen functional groups attached to an aromatic ring is 1. The maximum atomic E-state index is 11.5. The molecule has 0 aromatic carbocycles. The lowest BCUT2D eigenvalue weighted by molar-refractivity contribution is 0.566. The molecule has 1 aliphatic rings. The third kappa shape index (κ3) is 2.16. The first-order valence-electron chi connectivity index (χ1n) is 5.22. The molecular weight excluding hydrogens is 176 g/mol. The minimum Gasteiger partial charge on any atom is -0.394 e. The van der Waals surface area contributed by atoms with E-state index in [1.165, 1.54) is 19.3 Å². The Hall–Kier alpha value is -1.25. The summed E-state index contributed by atoms with van der Waals surface area (Å²) in [6.07, 6.45) is 6.92. The molecule has 0 radical (unpaired) electrons. The molecule has 1 aromatic rings. The van der Waals surface area contributed by atoms with E-state index in [-0.39, 0.29) is 5.56 Å². The Morgan fingerprint density at radius 3 is 3.00 bits per heavy atom. The van der Waals surface area contributed by atoms with Crippen LogP contribution in [-0.4, -0.2) is 4.57 Å². The van der Waals surface area contributed by atoms with Gasteiger partial charge in [-0.2, -0.15) is 0 Å².